The average Bonchev–Trinajstić information content (AvgIpc) is 2.88. The number of thiophene rings is 1. The number of aromatic carboxylic acids is 1. The lowest BCUT2D eigenvalue weighted by molar-refractivity contribution is 0.0684. The molecule has 0 aliphatic carbocycles. The first-order valence-electron chi connectivity index (χ1n) is 4.47. The summed E-state index contributed by atoms with van der Waals surface area (Å²) in [4.78, 5) is 10.7. The van der Waals surface area contributed by atoms with Crippen LogP contribution in [0.4, 0.5) is 0 Å². The summed E-state index contributed by atoms with van der Waals surface area (Å²) in [5.74, 6) is -0.728. The van der Waals surface area contributed by atoms with Gasteiger partial charge in [-0.25, -0.2) is 4.79 Å². The van der Waals surface area contributed by atoms with Crippen LogP contribution in [0.25, 0.3) is 0 Å². The van der Waals surface area contributed by atoms with Gasteiger partial charge in [0, 0.05) is 13.2 Å². The van der Waals surface area contributed by atoms with Gasteiger partial charge in [-0.1, -0.05) is 5.16 Å². The monoisotopic (exact) mass is 239 g/mol. The van der Waals surface area contributed by atoms with Crippen LogP contribution in [-0.2, 0) is 4.74 Å². The van der Waals surface area contributed by atoms with Crippen molar-refractivity contribution < 1.29 is 19.2 Å². The van der Waals surface area contributed by atoms with Crippen molar-refractivity contribution in [2.75, 3.05) is 7.11 Å². The van der Waals surface area contributed by atoms with E-state index in [0.717, 1.165) is 5.56 Å². The molecule has 5 nitrogen and oxygen atoms in total. The number of carbonyl (C=O) groups is 1. The molecule has 16 heavy (non-hydrogen) atoms. The van der Waals surface area contributed by atoms with Gasteiger partial charge in [-0.3, -0.25) is 0 Å². The van der Waals surface area contributed by atoms with Gasteiger partial charge in [0.15, 0.2) is 11.5 Å². The molecule has 0 fully saturated rings. The van der Waals surface area contributed by atoms with Crippen molar-refractivity contribution in [3.63, 3.8) is 0 Å². The second-order valence-corrected chi connectivity index (χ2v) is 3.87. The fraction of sp³-hybridized carbons (Fsp3) is 0.200. The number of methoxy groups -OCH3 is 1. The highest BCUT2D eigenvalue weighted by Crippen LogP contribution is 2.27. The first kappa shape index (κ1) is 10.8. The molecule has 0 saturated heterocycles. The summed E-state index contributed by atoms with van der Waals surface area (Å²) in [5.41, 5.74) is 0.799. The molecule has 2 aromatic heterocycles. The number of ether oxygens (including phenoxy) is 1. The molecule has 0 aromatic carbocycles. The first-order chi connectivity index (χ1) is 7.72. The van der Waals surface area contributed by atoms with E-state index in [9.17, 15) is 4.79 Å². The zero-order valence-electron chi connectivity index (χ0n) is 8.41. The van der Waals surface area contributed by atoms with E-state index >= 15 is 0 Å². The van der Waals surface area contributed by atoms with Gasteiger partial charge in [0.25, 0.3) is 0 Å². The lowest BCUT2D eigenvalue weighted by Gasteiger charge is -2.09. The summed E-state index contributed by atoms with van der Waals surface area (Å²) in [6.45, 7) is 0. The van der Waals surface area contributed by atoms with Crippen molar-refractivity contribution in [1.82, 2.24) is 5.16 Å². The number of nitrogens with zero attached hydrogens (tertiary/aromatic N) is 1. The summed E-state index contributed by atoms with van der Waals surface area (Å²) in [7, 11) is 1.53. The van der Waals surface area contributed by atoms with Crippen molar-refractivity contribution in [3.8, 4) is 0 Å². The van der Waals surface area contributed by atoms with E-state index in [1.807, 2.05) is 16.8 Å². The molecular formula is C10H9NO4S. The Kier molecular flexibility index (Phi) is 3.02. The molecule has 0 radical (unpaired) electrons. The minimum atomic E-state index is -1.12. The molecule has 0 aliphatic rings. The van der Waals surface area contributed by atoms with Gasteiger partial charge in [0.2, 0.25) is 0 Å². The number of hydrogen-bond donors (Lipinski definition) is 1. The summed E-state index contributed by atoms with van der Waals surface area (Å²) >= 11 is 1.53. The molecule has 6 heteroatoms. The van der Waals surface area contributed by atoms with Crippen molar-refractivity contribution in [3.05, 3.63) is 39.9 Å². The van der Waals surface area contributed by atoms with Crippen molar-refractivity contribution in [1.29, 1.82) is 0 Å². The lowest BCUT2D eigenvalue weighted by atomic mass is 10.1. The number of carboxylic acids is 1. The summed E-state index contributed by atoms with van der Waals surface area (Å²) < 4.78 is 10.2. The number of hydrogen-bond acceptors (Lipinski definition) is 5. The van der Waals surface area contributed by atoms with Crippen molar-refractivity contribution >= 4 is 17.3 Å². The van der Waals surface area contributed by atoms with Crippen LogP contribution in [0.5, 0.6) is 0 Å². The molecule has 0 aliphatic heterocycles. The predicted molar refractivity (Wildman–Crippen MR) is 56.6 cm³/mol. The molecule has 0 spiro atoms. The SMILES string of the molecule is COC(c1ccsc1)c1cc(C(=O)O)no1. The van der Waals surface area contributed by atoms with Gasteiger partial charge in [-0.05, 0) is 22.4 Å². The van der Waals surface area contributed by atoms with E-state index < -0.39 is 12.1 Å². The number of rotatable bonds is 4. The van der Waals surface area contributed by atoms with E-state index in [4.69, 9.17) is 14.4 Å². The Hall–Kier alpha value is -1.66. The zero-order valence-corrected chi connectivity index (χ0v) is 9.23. The van der Waals surface area contributed by atoms with Crippen LogP contribution < -0.4 is 0 Å². The van der Waals surface area contributed by atoms with Gasteiger partial charge < -0.3 is 14.4 Å². The summed E-state index contributed by atoms with van der Waals surface area (Å²) in [6, 6.07) is 3.26. The maximum Gasteiger partial charge on any atom is 0.358 e. The number of carboxylic acid groups (broad SMARTS) is 1. The minimum absolute atomic E-state index is 0.118. The highest BCUT2D eigenvalue weighted by molar-refractivity contribution is 7.07. The van der Waals surface area contributed by atoms with E-state index in [0.29, 0.717) is 5.76 Å². The van der Waals surface area contributed by atoms with Crippen LogP contribution in [0.1, 0.15) is 27.9 Å². The second-order valence-electron chi connectivity index (χ2n) is 3.09. The van der Waals surface area contributed by atoms with Gasteiger partial charge in [0.1, 0.15) is 6.10 Å². The normalized spacial score (nSPS) is 12.6. The molecule has 2 heterocycles. The zero-order chi connectivity index (χ0) is 11.5. The Bertz CT molecular complexity index is 477. The maximum atomic E-state index is 10.7. The minimum Gasteiger partial charge on any atom is -0.476 e. The average molecular weight is 239 g/mol. The molecule has 84 valence electrons. The molecule has 2 aromatic rings. The van der Waals surface area contributed by atoms with Crippen LogP contribution in [0.15, 0.2) is 27.4 Å². The molecule has 1 unspecified atom stereocenters. The molecule has 1 atom stereocenters. The highest BCUT2D eigenvalue weighted by atomic mass is 32.1. The molecule has 0 saturated carbocycles. The standard InChI is InChI=1S/C10H9NO4S/c1-14-9(6-2-3-16-5-6)8-4-7(10(12)13)11-15-8/h2-5,9H,1H3,(H,12,13). The molecule has 0 amide bonds. The summed E-state index contributed by atoms with van der Waals surface area (Å²) in [6.07, 6.45) is -0.410. The van der Waals surface area contributed by atoms with Crippen LogP contribution in [0.3, 0.4) is 0 Å². The molecule has 2 rings (SSSR count). The van der Waals surface area contributed by atoms with Gasteiger partial charge >= 0.3 is 5.97 Å². The van der Waals surface area contributed by atoms with Crippen LogP contribution in [0, 0.1) is 0 Å². The maximum absolute atomic E-state index is 10.7. The third-order valence-electron chi connectivity index (χ3n) is 2.09. The largest absolute Gasteiger partial charge is 0.476 e. The Morgan fingerprint density at radius 2 is 2.50 bits per heavy atom. The third kappa shape index (κ3) is 1.98. The van der Waals surface area contributed by atoms with Gasteiger partial charge in [-0.2, -0.15) is 11.3 Å². The Morgan fingerprint density at radius 1 is 1.69 bits per heavy atom. The van der Waals surface area contributed by atoms with Crippen LogP contribution in [0.2, 0.25) is 0 Å². The quantitative estimate of drug-likeness (QED) is 0.885. The van der Waals surface area contributed by atoms with Gasteiger partial charge in [-0.15, -0.1) is 0 Å². The fourth-order valence-electron chi connectivity index (χ4n) is 1.35. The Labute approximate surface area is 95.3 Å². The predicted octanol–water partition coefficient (Wildman–Crippen LogP) is 2.17. The Balaban J connectivity index is 2.30. The molecular weight excluding hydrogens is 230 g/mol. The van der Waals surface area contributed by atoms with E-state index in [2.05, 4.69) is 5.16 Å². The highest BCUT2D eigenvalue weighted by Gasteiger charge is 2.21. The van der Waals surface area contributed by atoms with E-state index in [1.54, 1.807) is 0 Å². The van der Waals surface area contributed by atoms with Crippen molar-refractivity contribution in [2.45, 2.75) is 6.10 Å². The molecule has 0 bridgehead atoms. The van der Waals surface area contributed by atoms with Crippen molar-refractivity contribution in [2.24, 2.45) is 0 Å². The topological polar surface area (TPSA) is 72.6 Å². The first-order valence-corrected chi connectivity index (χ1v) is 5.41. The Morgan fingerprint density at radius 3 is 3.00 bits per heavy atom. The van der Waals surface area contributed by atoms with E-state index in [1.165, 1.54) is 24.5 Å². The number of aromatic nitrogens is 1. The second kappa shape index (κ2) is 4.46. The fourth-order valence-corrected chi connectivity index (χ4v) is 2.03. The smallest absolute Gasteiger partial charge is 0.358 e. The third-order valence-corrected chi connectivity index (χ3v) is 2.79. The van der Waals surface area contributed by atoms with E-state index in [-0.39, 0.29) is 5.69 Å². The molecule has 1 N–H and O–H groups in total. The van der Waals surface area contributed by atoms with Crippen LogP contribution >= 0.6 is 11.3 Å². The van der Waals surface area contributed by atoms with Gasteiger partial charge in [0.05, 0.1) is 0 Å². The van der Waals surface area contributed by atoms with Crippen LogP contribution in [-0.4, -0.2) is 23.3 Å². The lowest BCUT2D eigenvalue weighted by Crippen LogP contribution is -2.00. The summed E-state index contributed by atoms with van der Waals surface area (Å²) in [5, 5.41) is 16.0.